The molecule has 0 aliphatic carbocycles. The van der Waals surface area contributed by atoms with Gasteiger partial charge in [-0.1, -0.05) is 13.8 Å². The molecule has 0 fully saturated rings. The first kappa shape index (κ1) is 15.1. The molecule has 3 nitrogen and oxygen atoms in total. The molecule has 0 radical (unpaired) electrons. The topological polar surface area (TPSA) is 38.3 Å². The summed E-state index contributed by atoms with van der Waals surface area (Å²) in [5, 5.41) is 3.44. The number of carbonyl (C=O) groups excluding carboxylic acids is 1. The van der Waals surface area contributed by atoms with E-state index in [0.717, 1.165) is 17.7 Å². The van der Waals surface area contributed by atoms with E-state index >= 15 is 0 Å². The number of methoxy groups -OCH3 is 1. The molecule has 0 unspecified atom stereocenters. The van der Waals surface area contributed by atoms with Crippen LogP contribution in [0.3, 0.4) is 0 Å². The Morgan fingerprint density at radius 3 is 2.78 bits per heavy atom. The number of nitrogens with one attached hydrogen (secondary N) is 1. The Labute approximate surface area is 113 Å². The number of benzene rings is 1. The molecular formula is C14H21NO2S. The van der Waals surface area contributed by atoms with E-state index in [4.69, 9.17) is 4.74 Å². The predicted molar refractivity (Wildman–Crippen MR) is 77.3 cm³/mol. The lowest BCUT2D eigenvalue weighted by Crippen LogP contribution is -2.17. The van der Waals surface area contributed by atoms with Crippen LogP contribution in [0.5, 0.6) is 0 Å². The average Bonchev–Trinajstić information content (AvgIpc) is 2.33. The normalized spacial score (nSPS) is 12.2. The molecule has 1 amide bonds. The summed E-state index contributed by atoms with van der Waals surface area (Å²) in [5.74, 6) is -0.122. The fourth-order valence-electron chi connectivity index (χ4n) is 1.48. The number of ether oxygens (including phenoxy) is 1. The van der Waals surface area contributed by atoms with Crippen molar-refractivity contribution < 1.29 is 9.53 Å². The lowest BCUT2D eigenvalue weighted by Gasteiger charge is -2.12. The first-order chi connectivity index (χ1) is 8.56. The second-order valence-corrected chi connectivity index (χ2v) is 5.81. The van der Waals surface area contributed by atoms with Gasteiger partial charge in [0.05, 0.1) is 0 Å². The van der Waals surface area contributed by atoms with Crippen LogP contribution < -0.4 is 5.32 Å². The fraction of sp³-hybridized carbons (Fsp3) is 0.500. The Morgan fingerprint density at radius 1 is 1.50 bits per heavy atom. The zero-order valence-electron chi connectivity index (χ0n) is 11.4. The molecular weight excluding hydrogens is 246 g/mol. The molecule has 1 rings (SSSR count). The number of carbonyl (C=O) groups is 1. The monoisotopic (exact) mass is 267 g/mol. The molecule has 0 aromatic heterocycles. The summed E-state index contributed by atoms with van der Waals surface area (Å²) < 4.78 is 4.79. The van der Waals surface area contributed by atoms with Gasteiger partial charge in [0.2, 0.25) is 5.91 Å². The SMILES string of the molecule is CC[C@H](C)Sc1ccc(NC(=O)COC)c(C)c1. The van der Waals surface area contributed by atoms with Gasteiger partial charge in [0.25, 0.3) is 0 Å². The average molecular weight is 267 g/mol. The van der Waals surface area contributed by atoms with Crippen LogP contribution in [0, 0.1) is 6.92 Å². The Morgan fingerprint density at radius 2 is 2.22 bits per heavy atom. The van der Waals surface area contributed by atoms with Crippen LogP contribution in [0.15, 0.2) is 23.1 Å². The molecule has 0 aliphatic rings. The lowest BCUT2D eigenvalue weighted by molar-refractivity contribution is -0.119. The van der Waals surface area contributed by atoms with Crippen molar-refractivity contribution in [3.05, 3.63) is 23.8 Å². The summed E-state index contributed by atoms with van der Waals surface area (Å²) in [4.78, 5) is 12.7. The fourth-order valence-corrected chi connectivity index (χ4v) is 2.51. The van der Waals surface area contributed by atoms with Crippen molar-refractivity contribution in [2.75, 3.05) is 19.0 Å². The maximum atomic E-state index is 11.4. The van der Waals surface area contributed by atoms with Crippen LogP contribution in [0.4, 0.5) is 5.69 Å². The van der Waals surface area contributed by atoms with Crippen LogP contribution in [0.1, 0.15) is 25.8 Å². The van der Waals surface area contributed by atoms with Gasteiger partial charge < -0.3 is 10.1 Å². The minimum atomic E-state index is -0.122. The summed E-state index contributed by atoms with van der Waals surface area (Å²) in [5.41, 5.74) is 1.93. The highest BCUT2D eigenvalue weighted by Gasteiger charge is 2.07. The zero-order chi connectivity index (χ0) is 13.5. The number of anilines is 1. The Hall–Kier alpha value is -1.00. The highest BCUT2D eigenvalue weighted by atomic mass is 32.2. The molecule has 0 saturated heterocycles. The van der Waals surface area contributed by atoms with Crippen molar-refractivity contribution in [1.82, 2.24) is 0 Å². The van der Waals surface area contributed by atoms with Crippen molar-refractivity contribution in [3.8, 4) is 0 Å². The van der Waals surface area contributed by atoms with E-state index < -0.39 is 0 Å². The number of aryl methyl sites for hydroxylation is 1. The van der Waals surface area contributed by atoms with Crippen molar-refractivity contribution >= 4 is 23.4 Å². The zero-order valence-corrected chi connectivity index (χ0v) is 12.3. The third kappa shape index (κ3) is 4.70. The molecule has 0 saturated carbocycles. The number of rotatable bonds is 6. The van der Waals surface area contributed by atoms with Gasteiger partial charge in [-0.15, -0.1) is 11.8 Å². The molecule has 1 aromatic carbocycles. The maximum Gasteiger partial charge on any atom is 0.250 e. The molecule has 1 aromatic rings. The second-order valence-electron chi connectivity index (χ2n) is 4.29. The quantitative estimate of drug-likeness (QED) is 0.802. The van der Waals surface area contributed by atoms with Gasteiger partial charge in [-0.25, -0.2) is 0 Å². The van der Waals surface area contributed by atoms with Crippen molar-refractivity contribution in [2.45, 2.75) is 37.3 Å². The number of amides is 1. The molecule has 1 N–H and O–H groups in total. The molecule has 0 bridgehead atoms. The lowest BCUT2D eigenvalue weighted by atomic mass is 10.2. The van der Waals surface area contributed by atoms with E-state index in [1.54, 1.807) is 0 Å². The van der Waals surface area contributed by atoms with E-state index in [2.05, 4.69) is 25.2 Å². The highest BCUT2D eigenvalue weighted by Crippen LogP contribution is 2.28. The van der Waals surface area contributed by atoms with Gasteiger partial charge in [-0.2, -0.15) is 0 Å². The summed E-state index contributed by atoms with van der Waals surface area (Å²) >= 11 is 1.86. The van der Waals surface area contributed by atoms with Gasteiger partial charge in [0.1, 0.15) is 6.61 Å². The van der Waals surface area contributed by atoms with Crippen molar-refractivity contribution in [2.24, 2.45) is 0 Å². The van der Waals surface area contributed by atoms with Gasteiger partial charge in [-0.3, -0.25) is 4.79 Å². The minimum absolute atomic E-state index is 0.0861. The van der Waals surface area contributed by atoms with Crippen molar-refractivity contribution in [3.63, 3.8) is 0 Å². The van der Waals surface area contributed by atoms with Crippen LogP contribution in [-0.4, -0.2) is 24.9 Å². The first-order valence-corrected chi connectivity index (χ1v) is 7.00. The number of hydrogen-bond acceptors (Lipinski definition) is 3. The summed E-state index contributed by atoms with van der Waals surface area (Å²) in [6.07, 6.45) is 1.15. The predicted octanol–water partition coefficient (Wildman–Crippen LogP) is 3.47. The Balaban J connectivity index is 2.70. The third-order valence-corrected chi connectivity index (χ3v) is 3.92. The van der Waals surface area contributed by atoms with Gasteiger partial charge in [-0.05, 0) is 37.1 Å². The Kier molecular flexibility index (Phi) is 6.22. The van der Waals surface area contributed by atoms with E-state index in [9.17, 15) is 4.79 Å². The number of hydrogen-bond donors (Lipinski definition) is 1. The van der Waals surface area contributed by atoms with Crippen molar-refractivity contribution in [1.29, 1.82) is 0 Å². The summed E-state index contributed by atoms with van der Waals surface area (Å²) in [6.45, 7) is 6.49. The van der Waals surface area contributed by atoms with Crippen LogP contribution in [0.25, 0.3) is 0 Å². The first-order valence-electron chi connectivity index (χ1n) is 6.13. The van der Waals surface area contributed by atoms with E-state index in [0.29, 0.717) is 5.25 Å². The molecule has 0 spiro atoms. The standard InChI is InChI=1S/C14H21NO2S/c1-5-11(3)18-12-6-7-13(10(2)8-12)15-14(16)9-17-4/h6-8,11H,5,9H2,1-4H3,(H,15,16)/t11-/m0/s1. The molecule has 0 heterocycles. The molecule has 0 aliphatic heterocycles. The van der Waals surface area contributed by atoms with Crippen LogP contribution >= 0.6 is 11.8 Å². The molecule has 100 valence electrons. The summed E-state index contributed by atoms with van der Waals surface area (Å²) in [7, 11) is 1.51. The van der Waals surface area contributed by atoms with Gasteiger partial charge >= 0.3 is 0 Å². The van der Waals surface area contributed by atoms with E-state index in [1.807, 2.05) is 30.8 Å². The molecule has 1 atom stereocenters. The van der Waals surface area contributed by atoms with E-state index in [1.165, 1.54) is 12.0 Å². The second kappa shape index (κ2) is 7.44. The summed E-state index contributed by atoms with van der Waals surface area (Å²) in [6, 6.07) is 6.11. The maximum absolute atomic E-state index is 11.4. The third-order valence-electron chi connectivity index (χ3n) is 2.66. The smallest absolute Gasteiger partial charge is 0.250 e. The van der Waals surface area contributed by atoms with Crippen LogP contribution in [0.2, 0.25) is 0 Å². The number of thioether (sulfide) groups is 1. The van der Waals surface area contributed by atoms with E-state index in [-0.39, 0.29) is 12.5 Å². The van der Waals surface area contributed by atoms with Crippen LogP contribution in [-0.2, 0) is 9.53 Å². The largest absolute Gasteiger partial charge is 0.375 e. The van der Waals surface area contributed by atoms with Gasteiger partial charge in [0.15, 0.2) is 0 Å². The molecule has 4 heteroatoms. The Bertz CT molecular complexity index is 407. The van der Waals surface area contributed by atoms with Gasteiger partial charge in [0, 0.05) is 22.9 Å². The highest BCUT2D eigenvalue weighted by molar-refractivity contribution is 7.99. The molecule has 18 heavy (non-hydrogen) atoms. The minimum Gasteiger partial charge on any atom is -0.375 e.